The predicted octanol–water partition coefficient (Wildman–Crippen LogP) is 2.91. The van der Waals surface area contributed by atoms with E-state index in [-0.39, 0.29) is 6.04 Å². The summed E-state index contributed by atoms with van der Waals surface area (Å²) in [5, 5.41) is 3.15. The Kier molecular flexibility index (Phi) is 6.83. The number of halogens is 2. The lowest BCUT2D eigenvalue weighted by Gasteiger charge is -2.16. The van der Waals surface area contributed by atoms with Crippen molar-refractivity contribution in [3.63, 3.8) is 0 Å². The molecule has 1 aromatic rings. The maximum absolute atomic E-state index is 13.5. The van der Waals surface area contributed by atoms with Crippen molar-refractivity contribution in [2.24, 2.45) is 0 Å². The van der Waals surface area contributed by atoms with E-state index in [4.69, 9.17) is 4.74 Å². The van der Waals surface area contributed by atoms with Crippen molar-refractivity contribution >= 4 is 0 Å². The van der Waals surface area contributed by atoms with Gasteiger partial charge in [0.25, 0.3) is 0 Å². The van der Waals surface area contributed by atoms with Crippen LogP contribution in [0.1, 0.15) is 25.3 Å². The maximum Gasteiger partial charge on any atom is 0.129 e. The fourth-order valence-corrected chi connectivity index (χ4v) is 1.88. The van der Waals surface area contributed by atoms with Gasteiger partial charge < -0.3 is 10.1 Å². The van der Waals surface area contributed by atoms with Gasteiger partial charge >= 0.3 is 0 Å². The van der Waals surface area contributed by atoms with Crippen molar-refractivity contribution in [1.29, 1.82) is 0 Å². The molecule has 0 saturated heterocycles. The molecule has 0 radical (unpaired) electrons. The molecule has 0 aliphatic heterocycles. The Balaban J connectivity index is 2.46. The molecule has 0 spiro atoms. The van der Waals surface area contributed by atoms with Crippen LogP contribution in [-0.4, -0.2) is 26.3 Å². The van der Waals surface area contributed by atoms with E-state index in [0.717, 1.165) is 32.1 Å². The third kappa shape index (κ3) is 5.10. The van der Waals surface area contributed by atoms with Gasteiger partial charge in [-0.2, -0.15) is 0 Å². The summed E-state index contributed by atoms with van der Waals surface area (Å²) in [6, 6.07) is 3.93. The van der Waals surface area contributed by atoms with E-state index >= 15 is 0 Å². The molecule has 1 atom stereocenters. The van der Waals surface area contributed by atoms with Gasteiger partial charge in [-0.1, -0.05) is 6.07 Å². The Hall–Kier alpha value is -1.00. The van der Waals surface area contributed by atoms with Crippen molar-refractivity contribution in [3.8, 4) is 0 Å². The van der Waals surface area contributed by atoms with Gasteiger partial charge in [0.2, 0.25) is 0 Å². The van der Waals surface area contributed by atoms with Gasteiger partial charge in [0.15, 0.2) is 0 Å². The zero-order valence-electron chi connectivity index (χ0n) is 11.0. The molecule has 0 heterocycles. The van der Waals surface area contributed by atoms with Gasteiger partial charge in [-0.25, -0.2) is 8.78 Å². The molecule has 0 aromatic heterocycles. The Morgan fingerprint density at radius 1 is 1.33 bits per heavy atom. The average molecular weight is 257 g/mol. The van der Waals surface area contributed by atoms with Crippen LogP contribution in [0.4, 0.5) is 8.78 Å². The number of likely N-dealkylation sites (N-methyl/N-ethyl adjacent to an activating group) is 1. The van der Waals surface area contributed by atoms with Crippen molar-refractivity contribution in [1.82, 2.24) is 5.32 Å². The molecule has 0 amide bonds. The third-order valence-electron chi connectivity index (χ3n) is 2.94. The monoisotopic (exact) mass is 257 g/mol. The molecule has 1 rings (SSSR count). The fraction of sp³-hybridized carbons (Fsp3) is 0.571. The van der Waals surface area contributed by atoms with Crippen LogP contribution in [0, 0.1) is 11.6 Å². The van der Waals surface area contributed by atoms with E-state index in [1.54, 1.807) is 0 Å². The van der Waals surface area contributed by atoms with Crippen LogP contribution in [0.15, 0.2) is 18.2 Å². The molecular formula is C14H21F2NO. The smallest absolute Gasteiger partial charge is 0.129 e. The first-order valence-corrected chi connectivity index (χ1v) is 6.36. The van der Waals surface area contributed by atoms with Gasteiger partial charge in [-0.3, -0.25) is 0 Å². The van der Waals surface area contributed by atoms with E-state index in [2.05, 4.69) is 5.32 Å². The van der Waals surface area contributed by atoms with Gasteiger partial charge in [-0.15, -0.1) is 0 Å². The predicted molar refractivity (Wildman–Crippen MR) is 68.6 cm³/mol. The van der Waals surface area contributed by atoms with Crippen molar-refractivity contribution in [2.75, 3.05) is 20.3 Å². The highest BCUT2D eigenvalue weighted by Gasteiger charge is 2.11. The minimum atomic E-state index is -0.534. The number of nitrogens with one attached hydrogen (secondary N) is 1. The summed E-state index contributed by atoms with van der Waals surface area (Å²) in [6.07, 6.45) is 2.41. The molecule has 4 heteroatoms. The van der Waals surface area contributed by atoms with Crippen molar-refractivity contribution in [2.45, 2.75) is 32.2 Å². The zero-order chi connectivity index (χ0) is 13.4. The van der Waals surface area contributed by atoms with E-state index < -0.39 is 11.6 Å². The third-order valence-corrected chi connectivity index (χ3v) is 2.94. The summed E-state index contributed by atoms with van der Waals surface area (Å²) in [6.45, 7) is 3.40. The molecule has 2 nitrogen and oxygen atoms in total. The molecule has 1 aromatic carbocycles. The molecule has 1 N–H and O–H groups in total. The molecular weight excluding hydrogens is 236 g/mol. The summed E-state index contributed by atoms with van der Waals surface area (Å²) in [4.78, 5) is 0. The highest BCUT2D eigenvalue weighted by Crippen LogP contribution is 2.13. The van der Waals surface area contributed by atoms with Crippen molar-refractivity contribution in [3.05, 3.63) is 35.4 Å². The molecule has 102 valence electrons. The van der Waals surface area contributed by atoms with Crippen LogP contribution < -0.4 is 5.32 Å². The lowest BCUT2D eigenvalue weighted by atomic mass is 10.0. The van der Waals surface area contributed by atoms with Crippen LogP contribution in [0.5, 0.6) is 0 Å². The van der Waals surface area contributed by atoms with E-state index in [9.17, 15) is 8.78 Å². The van der Waals surface area contributed by atoms with Gasteiger partial charge in [-0.05, 0) is 44.9 Å². The summed E-state index contributed by atoms with van der Waals surface area (Å²) in [5.41, 5.74) is 0.548. The van der Waals surface area contributed by atoms with Crippen LogP contribution in [0.2, 0.25) is 0 Å². The normalized spacial score (nSPS) is 12.7. The Morgan fingerprint density at radius 3 is 2.72 bits per heavy atom. The van der Waals surface area contributed by atoms with Crippen molar-refractivity contribution < 1.29 is 13.5 Å². The van der Waals surface area contributed by atoms with Gasteiger partial charge in [0.05, 0.1) is 0 Å². The minimum Gasteiger partial charge on any atom is -0.382 e. The fourth-order valence-electron chi connectivity index (χ4n) is 1.88. The van der Waals surface area contributed by atoms with Crippen LogP contribution in [-0.2, 0) is 11.2 Å². The second-order valence-electron chi connectivity index (χ2n) is 4.26. The Bertz CT molecular complexity index is 358. The molecule has 0 bridgehead atoms. The molecule has 0 aliphatic carbocycles. The SMILES string of the molecule is CCOCCCC(Cc1ccc(F)cc1F)NC. The highest BCUT2D eigenvalue weighted by molar-refractivity contribution is 5.19. The minimum absolute atomic E-state index is 0.186. The first kappa shape index (κ1) is 15.1. The summed E-state index contributed by atoms with van der Waals surface area (Å²) in [5.74, 6) is -1.01. The highest BCUT2D eigenvalue weighted by atomic mass is 19.1. The molecule has 1 unspecified atom stereocenters. The Morgan fingerprint density at radius 2 is 2.11 bits per heavy atom. The zero-order valence-corrected chi connectivity index (χ0v) is 11.0. The Labute approximate surface area is 107 Å². The molecule has 0 saturated carbocycles. The number of benzene rings is 1. The summed E-state index contributed by atoms with van der Waals surface area (Å²) >= 11 is 0. The summed E-state index contributed by atoms with van der Waals surface area (Å²) in [7, 11) is 1.85. The van der Waals surface area contributed by atoms with Crippen LogP contribution in [0.25, 0.3) is 0 Å². The van der Waals surface area contributed by atoms with E-state index in [1.165, 1.54) is 12.1 Å². The van der Waals surface area contributed by atoms with E-state index in [1.807, 2.05) is 14.0 Å². The number of hydrogen-bond acceptors (Lipinski definition) is 2. The average Bonchev–Trinajstić information content (AvgIpc) is 2.35. The number of hydrogen-bond donors (Lipinski definition) is 1. The van der Waals surface area contributed by atoms with E-state index in [0.29, 0.717) is 12.0 Å². The van der Waals surface area contributed by atoms with Gasteiger partial charge in [0, 0.05) is 25.3 Å². The molecule has 0 aliphatic rings. The maximum atomic E-state index is 13.5. The van der Waals surface area contributed by atoms with Gasteiger partial charge in [0.1, 0.15) is 11.6 Å². The quantitative estimate of drug-likeness (QED) is 0.723. The lowest BCUT2D eigenvalue weighted by molar-refractivity contribution is 0.141. The standard InChI is InChI=1S/C14H21F2NO/c1-3-18-8-4-5-13(17-2)9-11-6-7-12(15)10-14(11)16/h6-7,10,13,17H,3-5,8-9H2,1-2H3. The van der Waals surface area contributed by atoms with Crippen LogP contribution in [0.3, 0.4) is 0 Å². The lowest BCUT2D eigenvalue weighted by Crippen LogP contribution is -2.28. The summed E-state index contributed by atoms with van der Waals surface area (Å²) < 4.78 is 31.5. The largest absolute Gasteiger partial charge is 0.382 e. The molecule has 18 heavy (non-hydrogen) atoms. The second kappa shape index (κ2) is 8.16. The first-order chi connectivity index (χ1) is 8.67. The number of rotatable bonds is 8. The first-order valence-electron chi connectivity index (χ1n) is 6.36. The topological polar surface area (TPSA) is 21.3 Å². The number of ether oxygens (including phenoxy) is 1. The second-order valence-corrected chi connectivity index (χ2v) is 4.26. The molecule has 0 fully saturated rings. The van der Waals surface area contributed by atoms with Crippen LogP contribution >= 0.6 is 0 Å².